The minimum Gasteiger partial charge on any atom is -0.497 e. The Morgan fingerprint density at radius 2 is 1.76 bits per heavy atom. The van der Waals surface area contributed by atoms with E-state index in [-0.39, 0.29) is 11.7 Å². The number of hydrogen-bond acceptors (Lipinski definition) is 6. The molecule has 0 aliphatic rings. The van der Waals surface area contributed by atoms with E-state index in [1.54, 1.807) is 7.11 Å². The van der Waals surface area contributed by atoms with Crippen LogP contribution in [-0.4, -0.2) is 33.5 Å². The Balaban J connectivity index is 1.50. The van der Waals surface area contributed by atoms with Crippen molar-refractivity contribution in [2.24, 2.45) is 0 Å². The lowest BCUT2D eigenvalue weighted by Crippen LogP contribution is -2.15. The third-order valence-corrected chi connectivity index (χ3v) is 6.14. The van der Waals surface area contributed by atoms with E-state index in [1.165, 1.54) is 11.8 Å². The van der Waals surface area contributed by atoms with Crippen LogP contribution in [0.5, 0.6) is 5.75 Å². The fraction of sp³-hybridized carbons (Fsp3) is 0.160. The molecule has 174 valence electrons. The van der Waals surface area contributed by atoms with Gasteiger partial charge in [-0.3, -0.25) is 9.36 Å². The number of amides is 1. The molecule has 0 saturated carbocycles. The molecule has 7 nitrogen and oxygen atoms in total. The zero-order valence-corrected chi connectivity index (χ0v) is 20.4. The minimum atomic E-state index is -0.118. The topological polar surface area (TPSA) is 81.1 Å². The lowest BCUT2D eigenvalue weighted by Gasteiger charge is -2.12. The van der Waals surface area contributed by atoms with Crippen molar-refractivity contribution in [3.05, 3.63) is 89.2 Å². The summed E-state index contributed by atoms with van der Waals surface area (Å²) in [6.45, 7) is 2.44. The third-order valence-electron chi connectivity index (χ3n) is 4.98. The van der Waals surface area contributed by atoms with Gasteiger partial charge >= 0.3 is 0 Å². The predicted octanol–water partition coefficient (Wildman–Crippen LogP) is 5.58. The molecule has 0 bridgehead atoms. The molecule has 0 atom stereocenters. The van der Waals surface area contributed by atoms with Crippen LogP contribution in [0.1, 0.15) is 11.4 Å². The van der Waals surface area contributed by atoms with Crippen molar-refractivity contribution in [1.29, 1.82) is 0 Å². The molecule has 2 N–H and O–H groups in total. The summed E-state index contributed by atoms with van der Waals surface area (Å²) in [6, 6.07) is 22.8. The van der Waals surface area contributed by atoms with E-state index in [1.807, 2.05) is 84.3 Å². The van der Waals surface area contributed by atoms with E-state index in [0.717, 1.165) is 28.4 Å². The first-order valence-electron chi connectivity index (χ1n) is 10.6. The number of carbonyl (C=O) groups is 1. The van der Waals surface area contributed by atoms with E-state index >= 15 is 0 Å². The van der Waals surface area contributed by atoms with E-state index in [9.17, 15) is 4.79 Å². The molecule has 34 heavy (non-hydrogen) atoms. The molecule has 0 radical (unpaired) electrons. The molecular formula is C25H24ClN5O2S. The van der Waals surface area contributed by atoms with Crippen LogP contribution in [0.3, 0.4) is 0 Å². The zero-order chi connectivity index (χ0) is 23.9. The smallest absolute Gasteiger partial charge is 0.234 e. The monoisotopic (exact) mass is 493 g/mol. The van der Waals surface area contributed by atoms with Gasteiger partial charge in [-0.25, -0.2) is 0 Å². The van der Waals surface area contributed by atoms with Crippen molar-refractivity contribution in [3.63, 3.8) is 0 Å². The van der Waals surface area contributed by atoms with Crippen LogP contribution in [0.15, 0.2) is 78.0 Å². The summed E-state index contributed by atoms with van der Waals surface area (Å²) in [5.41, 5.74) is 3.65. The molecule has 0 aliphatic carbocycles. The average Bonchev–Trinajstić information content (AvgIpc) is 3.26. The standard InChI is InChI=1S/C25H24ClN5O2S/c1-17-6-8-20(9-7-17)28-24(32)16-34-25-30-29-23(31(25)21-5-3-4-18(26)14-21)15-27-19-10-12-22(33-2)13-11-19/h3-14,27H,15-16H2,1-2H3,(H,28,32). The number of ether oxygens (including phenoxy) is 1. The molecule has 1 heterocycles. The summed E-state index contributed by atoms with van der Waals surface area (Å²) in [4.78, 5) is 12.5. The summed E-state index contributed by atoms with van der Waals surface area (Å²) in [7, 11) is 1.64. The number of aryl methyl sites for hydroxylation is 1. The molecule has 0 saturated heterocycles. The largest absolute Gasteiger partial charge is 0.497 e. The Hall–Kier alpha value is -3.49. The van der Waals surface area contributed by atoms with E-state index in [0.29, 0.717) is 22.5 Å². The lowest BCUT2D eigenvalue weighted by atomic mass is 10.2. The minimum absolute atomic E-state index is 0.118. The van der Waals surface area contributed by atoms with Gasteiger partial charge in [-0.15, -0.1) is 10.2 Å². The van der Waals surface area contributed by atoms with Crippen molar-refractivity contribution >= 4 is 40.6 Å². The summed E-state index contributed by atoms with van der Waals surface area (Å²) >= 11 is 7.56. The molecular weight excluding hydrogens is 470 g/mol. The van der Waals surface area contributed by atoms with Gasteiger partial charge in [0, 0.05) is 16.4 Å². The highest BCUT2D eigenvalue weighted by Crippen LogP contribution is 2.25. The zero-order valence-electron chi connectivity index (χ0n) is 18.8. The Bertz CT molecular complexity index is 1260. The van der Waals surface area contributed by atoms with E-state index in [4.69, 9.17) is 16.3 Å². The molecule has 0 unspecified atom stereocenters. The fourth-order valence-electron chi connectivity index (χ4n) is 3.24. The SMILES string of the molecule is COc1ccc(NCc2nnc(SCC(=O)Nc3ccc(C)cc3)n2-c2cccc(Cl)c2)cc1. The lowest BCUT2D eigenvalue weighted by molar-refractivity contribution is -0.113. The highest BCUT2D eigenvalue weighted by atomic mass is 35.5. The van der Waals surface area contributed by atoms with Crippen molar-refractivity contribution in [2.75, 3.05) is 23.5 Å². The first-order valence-corrected chi connectivity index (χ1v) is 12.0. The van der Waals surface area contributed by atoms with Crippen LogP contribution >= 0.6 is 23.4 Å². The van der Waals surface area contributed by atoms with Crippen LogP contribution in [0.25, 0.3) is 5.69 Å². The molecule has 0 aliphatic heterocycles. The number of benzene rings is 3. The van der Waals surface area contributed by atoms with Gasteiger partial charge in [0.1, 0.15) is 5.75 Å². The molecule has 0 spiro atoms. The number of methoxy groups -OCH3 is 1. The van der Waals surface area contributed by atoms with Gasteiger partial charge in [0.2, 0.25) is 5.91 Å². The molecule has 4 rings (SSSR count). The number of aromatic nitrogens is 3. The van der Waals surface area contributed by atoms with E-state index < -0.39 is 0 Å². The number of nitrogens with one attached hydrogen (secondary N) is 2. The van der Waals surface area contributed by atoms with Gasteiger partial charge in [-0.2, -0.15) is 0 Å². The van der Waals surface area contributed by atoms with Gasteiger partial charge in [0.15, 0.2) is 11.0 Å². The number of hydrogen-bond donors (Lipinski definition) is 2. The molecule has 4 aromatic rings. The van der Waals surface area contributed by atoms with Gasteiger partial charge < -0.3 is 15.4 Å². The number of thioether (sulfide) groups is 1. The summed E-state index contributed by atoms with van der Waals surface area (Å²) in [5.74, 6) is 1.56. The summed E-state index contributed by atoms with van der Waals surface area (Å²) in [6.07, 6.45) is 0. The second-order valence-corrected chi connectivity index (χ2v) is 8.88. The summed E-state index contributed by atoms with van der Waals surface area (Å²) < 4.78 is 7.12. The quantitative estimate of drug-likeness (QED) is 0.296. The Kier molecular flexibility index (Phi) is 7.72. The highest BCUT2D eigenvalue weighted by Gasteiger charge is 2.16. The second-order valence-electron chi connectivity index (χ2n) is 7.50. The van der Waals surface area contributed by atoms with Gasteiger partial charge in [0.25, 0.3) is 0 Å². The number of anilines is 2. The van der Waals surface area contributed by atoms with Gasteiger partial charge in [-0.05, 0) is 61.5 Å². The van der Waals surface area contributed by atoms with Crippen molar-refractivity contribution in [3.8, 4) is 11.4 Å². The highest BCUT2D eigenvalue weighted by molar-refractivity contribution is 7.99. The van der Waals surface area contributed by atoms with Crippen LogP contribution in [0.4, 0.5) is 11.4 Å². The maximum Gasteiger partial charge on any atom is 0.234 e. The number of nitrogens with zero attached hydrogens (tertiary/aromatic N) is 3. The number of halogens is 1. The molecule has 3 aromatic carbocycles. The van der Waals surface area contributed by atoms with Gasteiger partial charge in [0.05, 0.1) is 25.1 Å². The first kappa shape index (κ1) is 23.7. The van der Waals surface area contributed by atoms with E-state index in [2.05, 4.69) is 20.8 Å². The molecule has 9 heteroatoms. The van der Waals surface area contributed by atoms with Crippen LogP contribution < -0.4 is 15.4 Å². The Morgan fingerprint density at radius 3 is 2.47 bits per heavy atom. The summed E-state index contributed by atoms with van der Waals surface area (Å²) in [5, 5.41) is 16.2. The Morgan fingerprint density at radius 1 is 1.03 bits per heavy atom. The fourth-order valence-corrected chi connectivity index (χ4v) is 4.19. The maximum atomic E-state index is 12.5. The Labute approximate surface area is 207 Å². The number of rotatable bonds is 9. The van der Waals surface area contributed by atoms with Crippen LogP contribution in [0, 0.1) is 6.92 Å². The predicted molar refractivity (Wildman–Crippen MR) is 137 cm³/mol. The first-order chi connectivity index (χ1) is 16.5. The van der Waals surface area contributed by atoms with Crippen molar-refractivity contribution < 1.29 is 9.53 Å². The number of carbonyl (C=O) groups excluding carboxylic acids is 1. The van der Waals surface area contributed by atoms with Crippen molar-refractivity contribution in [2.45, 2.75) is 18.6 Å². The molecule has 1 aromatic heterocycles. The maximum absolute atomic E-state index is 12.5. The molecule has 0 fully saturated rings. The van der Waals surface area contributed by atoms with Crippen LogP contribution in [0.2, 0.25) is 5.02 Å². The normalized spacial score (nSPS) is 10.7. The molecule has 1 amide bonds. The second kappa shape index (κ2) is 11.1. The average molecular weight is 494 g/mol. The van der Waals surface area contributed by atoms with Gasteiger partial charge in [-0.1, -0.05) is 47.1 Å². The third kappa shape index (κ3) is 6.09. The van der Waals surface area contributed by atoms with Crippen LogP contribution in [-0.2, 0) is 11.3 Å². The van der Waals surface area contributed by atoms with Crippen molar-refractivity contribution in [1.82, 2.24) is 14.8 Å².